The Labute approximate surface area is 189 Å². The Bertz CT molecular complexity index is 857. The van der Waals surface area contributed by atoms with Gasteiger partial charge in [-0.1, -0.05) is 19.4 Å². The summed E-state index contributed by atoms with van der Waals surface area (Å²) in [6.07, 6.45) is 0.839. The molecular weight excluding hydrogens is 412 g/mol. The van der Waals surface area contributed by atoms with Crippen molar-refractivity contribution in [2.45, 2.75) is 72.1 Å². The van der Waals surface area contributed by atoms with E-state index in [9.17, 15) is 24.8 Å². The Morgan fingerprint density at radius 1 is 1.28 bits per heavy atom. The molecule has 32 heavy (non-hydrogen) atoms. The number of hydrogen-bond acceptors (Lipinski definition) is 6. The van der Waals surface area contributed by atoms with Crippen molar-refractivity contribution in [2.24, 2.45) is 0 Å². The normalized spacial score (nSPS) is 12.8. The highest BCUT2D eigenvalue weighted by Gasteiger charge is 2.32. The van der Waals surface area contributed by atoms with Crippen LogP contribution in [-0.2, 0) is 14.3 Å². The average Bonchev–Trinajstić information content (AvgIpc) is 2.67. The average molecular weight is 447 g/mol. The van der Waals surface area contributed by atoms with Crippen molar-refractivity contribution < 1.29 is 24.2 Å². The van der Waals surface area contributed by atoms with Gasteiger partial charge in [-0.05, 0) is 64.3 Å². The largest absolute Gasteiger partial charge is 0.508 e. The van der Waals surface area contributed by atoms with Gasteiger partial charge in [-0.3, -0.25) is 9.59 Å². The van der Waals surface area contributed by atoms with Crippen LogP contribution in [0, 0.1) is 18.3 Å². The van der Waals surface area contributed by atoms with Crippen LogP contribution in [0.3, 0.4) is 0 Å². The molecule has 0 aliphatic heterocycles. The summed E-state index contributed by atoms with van der Waals surface area (Å²) in [7, 11) is 0. The smallest absolute Gasteiger partial charge is 0.408 e. The number of ether oxygens (including phenoxy) is 1. The Morgan fingerprint density at radius 2 is 1.94 bits per heavy atom. The third-order valence-corrected chi connectivity index (χ3v) is 4.55. The molecule has 0 radical (unpaired) electrons. The van der Waals surface area contributed by atoms with Crippen molar-refractivity contribution in [3.63, 3.8) is 0 Å². The number of phenols is 1. The molecule has 0 aromatic heterocycles. The van der Waals surface area contributed by atoms with E-state index in [4.69, 9.17) is 4.74 Å². The number of amides is 3. The maximum absolute atomic E-state index is 13.2. The number of nitrogens with one attached hydrogen (secondary N) is 2. The summed E-state index contributed by atoms with van der Waals surface area (Å²) < 4.78 is 5.14. The van der Waals surface area contributed by atoms with Gasteiger partial charge in [0.1, 0.15) is 30.5 Å². The molecule has 0 aliphatic rings. The lowest BCUT2D eigenvalue weighted by Crippen LogP contribution is -2.49. The van der Waals surface area contributed by atoms with Gasteiger partial charge in [-0.25, -0.2) is 4.79 Å². The minimum absolute atomic E-state index is 0.0528. The highest BCUT2D eigenvalue weighted by atomic mass is 16.6. The number of aryl methyl sites for hydroxylation is 1. The summed E-state index contributed by atoms with van der Waals surface area (Å²) in [5.41, 5.74) is 0.237. The van der Waals surface area contributed by atoms with E-state index in [1.807, 2.05) is 19.9 Å². The fourth-order valence-electron chi connectivity index (χ4n) is 3.11. The predicted molar refractivity (Wildman–Crippen MR) is 120 cm³/mol. The molecule has 2 atom stereocenters. The zero-order valence-electron chi connectivity index (χ0n) is 19.7. The second kappa shape index (κ2) is 11.9. The standard InChI is InChI=1S/C23H34N4O5/c1-7-8-16(3)26-21(30)20(17-9-10-18(28)15(2)13-17)27(12-11-24)19(29)14-25-22(31)32-23(4,5)6/h9-10,13,16,20,28H,7-8,12,14H2,1-6H3,(H,25,31)(H,26,30). The van der Waals surface area contributed by atoms with Gasteiger partial charge in [-0.15, -0.1) is 0 Å². The zero-order chi connectivity index (χ0) is 24.5. The van der Waals surface area contributed by atoms with Crippen molar-refractivity contribution in [1.82, 2.24) is 15.5 Å². The lowest BCUT2D eigenvalue weighted by molar-refractivity contribution is -0.139. The fourth-order valence-corrected chi connectivity index (χ4v) is 3.11. The van der Waals surface area contributed by atoms with E-state index >= 15 is 0 Å². The number of benzene rings is 1. The first-order valence-electron chi connectivity index (χ1n) is 10.6. The molecule has 0 aliphatic carbocycles. The molecule has 3 N–H and O–H groups in total. The number of rotatable bonds is 9. The summed E-state index contributed by atoms with van der Waals surface area (Å²) >= 11 is 0. The molecule has 3 amide bonds. The molecule has 1 rings (SSSR count). The summed E-state index contributed by atoms with van der Waals surface area (Å²) in [5, 5.41) is 24.5. The monoisotopic (exact) mass is 446 g/mol. The Balaban J connectivity index is 3.21. The van der Waals surface area contributed by atoms with Crippen molar-refractivity contribution in [3.05, 3.63) is 29.3 Å². The molecule has 1 aromatic carbocycles. The highest BCUT2D eigenvalue weighted by Crippen LogP contribution is 2.26. The molecule has 0 fully saturated rings. The van der Waals surface area contributed by atoms with Gasteiger partial charge in [-0.2, -0.15) is 5.26 Å². The summed E-state index contributed by atoms with van der Waals surface area (Å²) in [5.74, 6) is -1.01. The van der Waals surface area contributed by atoms with E-state index in [2.05, 4.69) is 10.6 Å². The van der Waals surface area contributed by atoms with Crippen molar-refractivity contribution >= 4 is 17.9 Å². The number of carbonyl (C=O) groups is 3. The van der Waals surface area contributed by atoms with Crippen molar-refractivity contribution in [2.75, 3.05) is 13.1 Å². The SMILES string of the molecule is CCCC(C)NC(=O)C(c1ccc(O)c(C)c1)N(CC#N)C(=O)CNC(=O)OC(C)(C)C. The van der Waals surface area contributed by atoms with Crippen LogP contribution in [0.2, 0.25) is 0 Å². The number of aromatic hydroxyl groups is 1. The Morgan fingerprint density at radius 3 is 2.47 bits per heavy atom. The van der Waals surface area contributed by atoms with Gasteiger partial charge in [0.15, 0.2) is 0 Å². The Hall–Kier alpha value is -3.28. The molecular formula is C23H34N4O5. The maximum Gasteiger partial charge on any atom is 0.408 e. The second-order valence-electron chi connectivity index (χ2n) is 8.68. The topological polar surface area (TPSA) is 132 Å². The predicted octanol–water partition coefficient (Wildman–Crippen LogP) is 2.92. The van der Waals surface area contributed by atoms with Crippen LogP contribution < -0.4 is 10.6 Å². The molecule has 0 spiro atoms. The highest BCUT2D eigenvalue weighted by molar-refractivity contribution is 5.90. The van der Waals surface area contributed by atoms with Crippen LogP contribution in [0.15, 0.2) is 18.2 Å². The number of nitrogens with zero attached hydrogens (tertiary/aromatic N) is 2. The third-order valence-electron chi connectivity index (χ3n) is 4.55. The lowest BCUT2D eigenvalue weighted by Gasteiger charge is -2.31. The Kier molecular flexibility index (Phi) is 9.98. The van der Waals surface area contributed by atoms with Gasteiger partial charge < -0.3 is 25.4 Å². The molecule has 176 valence electrons. The lowest BCUT2D eigenvalue weighted by atomic mass is 10.0. The molecule has 0 heterocycles. The van der Waals surface area contributed by atoms with Crippen LogP contribution in [0.4, 0.5) is 4.79 Å². The van der Waals surface area contributed by atoms with Crippen LogP contribution in [0.5, 0.6) is 5.75 Å². The quantitative estimate of drug-likeness (QED) is 0.500. The first kappa shape index (κ1) is 26.8. The molecule has 0 bridgehead atoms. The van der Waals surface area contributed by atoms with E-state index in [0.717, 1.165) is 17.7 Å². The van der Waals surface area contributed by atoms with E-state index in [1.54, 1.807) is 33.8 Å². The van der Waals surface area contributed by atoms with Gasteiger partial charge in [0.25, 0.3) is 0 Å². The maximum atomic E-state index is 13.2. The van der Waals surface area contributed by atoms with Crippen LogP contribution in [-0.4, -0.2) is 52.6 Å². The van der Waals surface area contributed by atoms with E-state index < -0.39 is 36.1 Å². The number of nitriles is 1. The third kappa shape index (κ3) is 8.46. The first-order valence-corrected chi connectivity index (χ1v) is 10.6. The summed E-state index contributed by atoms with van der Waals surface area (Å²) in [6, 6.07) is 5.25. The molecule has 0 saturated heterocycles. The van der Waals surface area contributed by atoms with Gasteiger partial charge in [0, 0.05) is 6.04 Å². The van der Waals surface area contributed by atoms with E-state index in [-0.39, 0.29) is 18.3 Å². The fraction of sp³-hybridized carbons (Fsp3) is 0.565. The van der Waals surface area contributed by atoms with Crippen LogP contribution in [0.1, 0.15) is 64.6 Å². The number of alkyl carbamates (subject to hydrolysis) is 1. The molecule has 2 unspecified atom stereocenters. The minimum Gasteiger partial charge on any atom is -0.508 e. The first-order chi connectivity index (χ1) is 14.9. The molecule has 9 heteroatoms. The molecule has 0 saturated carbocycles. The van der Waals surface area contributed by atoms with Crippen LogP contribution >= 0.6 is 0 Å². The summed E-state index contributed by atoms with van der Waals surface area (Å²) in [4.78, 5) is 39.2. The molecule has 9 nitrogen and oxygen atoms in total. The van der Waals surface area contributed by atoms with Crippen LogP contribution in [0.25, 0.3) is 0 Å². The summed E-state index contributed by atoms with van der Waals surface area (Å²) in [6.45, 7) is 9.81. The van der Waals surface area contributed by atoms with Gasteiger partial charge in [0.05, 0.1) is 6.07 Å². The number of phenolic OH excluding ortho intramolecular Hbond substituents is 1. The number of hydrogen-bond donors (Lipinski definition) is 3. The van der Waals surface area contributed by atoms with Gasteiger partial charge in [0.2, 0.25) is 11.8 Å². The number of carbonyl (C=O) groups excluding carboxylic acids is 3. The van der Waals surface area contributed by atoms with Gasteiger partial charge >= 0.3 is 6.09 Å². The zero-order valence-corrected chi connectivity index (χ0v) is 19.7. The van der Waals surface area contributed by atoms with Crippen molar-refractivity contribution in [3.8, 4) is 11.8 Å². The molecule has 1 aromatic rings. The van der Waals surface area contributed by atoms with E-state index in [1.165, 1.54) is 12.1 Å². The van der Waals surface area contributed by atoms with E-state index in [0.29, 0.717) is 11.1 Å². The minimum atomic E-state index is -1.11. The van der Waals surface area contributed by atoms with Crippen molar-refractivity contribution in [1.29, 1.82) is 5.26 Å². The second-order valence-corrected chi connectivity index (χ2v) is 8.68.